The molecule has 0 radical (unpaired) electrons. The topological polar surface area (TPSA) is 60.0 Å². The SMILES string of the molecule is COc1ccc2c3c1OC1C34CCN[C@H](C2)C42CC[C@@]1(OC)[C@@H]([C@@](C)(O)C(C)(C)C)C2. The number of benzene rings is 1. The lowest BCUT2D eigenvalue weighted by Crippen LogP contribution is -2.83. The molecule has 2 spiro atoms. The second-order valence-electron chi connectivity index (χ2n) is 12.0. The third-order valence-electron chi connectivity index (χ3n) is 10.6. The first kappa shape index (κ1) is 20.3. The number of fused-ring (bicyclic) bond motifs is 2. The summed E-state index contributed by atoms with van der Waals surface area (Å²) >= 11 is 0. The summed E-state index contributed by atoms with van der Waals surface area (Å²) in [6.45, 7) is 9.48. The van der Waals surface area contributed by atoms with Crippen molar-refractivity contribution in [1.82, 2.24) is 5.32 Å². The van der Waals surface area contributed by atoms with E-state index in [1.165, 1.54) is 11.1 Å². The lowest BCUT2D eigenvalue weighted by Gasteiger charge is -2.74. The molecule has 1 aromatic rings. The van der Waals surface area contributed by atoms with Gasteiger partial charge in [0.25, 0.3) is 0 Å². The Balaban J connectivity index is 1.64. The number of piperidine rings is 1. The second kappa shape index (κ2) is 5.78. The minimum atomic E-state index is -0.880. The van der Waals surface area contributed by atoms with E-state index in [1.807, 2.05) is 14.0 Å². The molecule has 2 aliphatic heterocycles. The third kappa shape index (κ3) is 1.98. The fourth-order valence-electron chi connectivity index (χ4n) is 8.68. The number of hydrogen-bond acceptors (Lipinski definition) is 5. The highest BCUT2D eigenvalue weighted by atomic mass is 16.6. The van der Waals surface area contributed by atoms with Crippen LogP contribution >= 0.6 is 0 Å². The molecule has 6 aliphatic rings. The summed E-state index contributed by atoms with van der Waals surface area (Å²) in [5.74, 6) is 1.77. The predicted molar refractivity (Wildman–Crippen MR) is 119 cm³/mol. The number of aliphatic hydroxyl groups is 1. The molecule has 3 unspecified atom stereocenters. The van der Waals surface area contributed by atoms with Crippen LogP contribution in [0.2, 0.25) is 0 Å². The number of rotatable bonds is 3. The highest BCUT2D eigenvalue weighted by Crippen LogP contribution is 2.77. The monoisotopic (exact) mass is 427 g/mol. The molecular weight excluding hydrogens is 390 g/mol. The molecule has 0 aromatic heterocycles. The minimum absolute atomic E-state index is 0.00105. The maximum atomic E-state index is 12.0. The summed E-state index contributed by atoms with van der Waals surface area (Å²) < 4.78 is 19.3. The first-order valence-electron chi connectivity index (χ1n) is 12.0. The van der Waals surface area contributed by atoms with Crippen LogP contribution in [0.1, 0.15) is 64.5 Å². The summed E-state index contributed by atoms with van der Waals surface area (Å²) in [5.41, 5.74) is 1.13. The van der Waals surface area contributed by atoms with Crippen LogP contribution in [0.15, 0.2) is 12.1 Å². The molecule has 3 saturated carbocycles. The molecule has 31 heavy (non-hydrogen) atoms. The van der Waals surface area contributed by atoms with E-state index in [-0.39, 0.29) is 28.3 Å². The molecule has 7 atom stereocenters. The first-order valence-corrected chi connectivity index (χ1v) is 12.0. The van der Waals surface area contributed by atoms with Gasteiger partial charge in [0, 0.05) is 35.5 Å². The zero-order valence-corrected chi connectivity index (χ0v) is 19.8. The van der Waals surface area contributed by atoms with Gasteiger partial charge in [-0.25, -0.2) is 0 Å². The summed E-state index contributed by atoms with van der Waals surface area (Å²) in [6.07, 6.45) is 4.99. The Morgan fingerprint density at radius 3 is 2.58 bits per heavy atom. The van der Waals surface area contributed by atoms with Crippen LogP contribution in [0.25, 0.3) is 0 Å². The molecule has 7 rings (SSSR count). The average molecular weight is 428 g/mol. The molecule has 4 fully saturated rings. The molecule has 2 heterocycles. The molecule has 4 bridgehead atoms. The van der Waals surface area contributed by atoms with Gasteiger partial charge in [0.2, 0.25) is 0 Å². The van der Waals surface area contributed by atoms with E-state index in [0.717, 1.165) is 50.1 Å². The molecular formula is C26H37NO4. The Morgan fingerprint density at radius 1 is 1.13 bits per heavy atom. The number of methoxy groups -OCH3 is 2. The normalized spacial score (nSPS) is 43.8. The molecule has 0 amide bonds. The summed E-state index contributed by atoms with van der Waals surface area (Å²) in [6, 6.07) is 4.73. The van der Waals surface area contributed by atoms with Crippen molar-refractivity contribution in [2.24, 2.45) is 16.7 Å². The Hall–Kier alpha value is -1.30. The zero-order chi connectivity index (χ0) is 22.0. The highest BCUT2D eigenvalue weighted by molar-refractivity contribution is 5.63. The van der Waals surface area contributed by atoms with E-state index in [9.17, 15) is 5.11 Å². The molecule has 5 heteroatoms. The van der Waals surface area contributed by atoms with E-state index in [4.69, 9.17) is 14.2 Å². The third-order valence-corrected chi connectivity index (χ3v) is 10.6. The van der Waals surface area contributed by atoms with Gasteiger partial charge in [0.05, 0.1) is 12.7 Å². The van der Waals surface area contributed by atoms with Crippen molar-refractivity contribution in [3.05, 3.63) is 23.3 Å². The van der Waals surface area contributed by atoms with Gasteiger partial charge in [-0.3, -0.25) is 0 Å². The van der Waals surface area contributed by atoms with Gasteiger partial charge >= 0.3 is 0 Å². The van der Waals surface area contributed by atoms with E-state index >= 15 is 0 Å². The summed E-state index contributed by atoms with van der Waals surface area (Å²) in [4.78, 5) is 0. The Labute approximate surface area is 185 Å². The fraction of sp³-hybridized carbons (Fsp3) is 0.769. The lowest BCUT2D eigenvalue weighted by molar-refractivity contribution is -0.303. The molecule has 5 nitrogen and oxygen atoms in total. The van der Waals surface area contributed by atoms with Crippen molar-refractivity contribution in [2.75, 3.05) is 20.8 Å². The van der Waals surface area contributed by atoms with E-state index in [2.05, 4.69) is 38.2 Å². The van der Waals surface area contributed by atoms with Crippen molar-refractivity contribution in [3.63, 3.8) is 0 Å². The maximum Gasteiger partial charge on any atom is 0.165 e. The van der Waals surface area contributed by atoms with Crippen LogP contribution < -0.4 is 14.8 Å². The van der Waals surface area contributed by atoms with E-state index < -0.39 is 11.2 Å². The average Bonchev–Trinajstić information content (AvgIpc) is 3.09. The van der Waals surface area contributed by atoms with Gasteiger partial charge in [-0.05, 0) is 62.6 Å². The largest absolute Gasteiger partial charge is 0.493 e. The van der Waals surface area contributed by atoms with Crippen molar-refractivity contribution < 1.29 is 19.3 Å². The van der Waals surface area contributed by atoms with Crippen molar-refractivity contribution >= 4 is 0 Å². The Morgan fingerprint density at radius 2 is 1.90 bits per heavy atom. The van der Waals surface area contributed by atoms with Crippen LogP contribution in [0, 0.1) is 16.7 Å². The quantitative estimate of drug-likeness (QED) is 0.772. The minimum Gasteiger partial charge on any atom is -0.493 e. The van der Waals surface area contributed by atoms with Gasteiger partial charge in [0.15, 0.2) is 11.5 Å². The van der Waals surface area contributed by atoms with Crippen LogP contribution in [0.4, 0.5) is 0 Å². The van der Waals surface area contributed by atoms with Crippen molar-refractivity contribution in [3.8, 4) is 11.5 Å². The van der Waals surface area contributed by atoms with Crippen molar-refractivity contribution in [2.45, 2.75) is 88.6 Å². The van der Waals surface area contributed by atoms with Gasteiger partial charge in [-0.15, -0.1) is 0 Å². The first-order chi connectivity index (χ1) is 14.6. The van der Waals surface area contributed by atoms with Crippen LogP contribution in [-0.2, 0) is 16.6 Å². The number of nitrogens with one attached hydrogen (secondary N) is 1. The fourth-order valence-corrected chi connectivity index (χ4v) is 8.68. The maximum absolute atomic E-state index is 12.0. The van der Waals surface area contributed by atoms with Crippen LogP contribution in [-0.4, -0.2) is 49.2 Å². The van der Waals surface area contributed by atoms with E-state index in [0.29, 0.717) is 6.04 Å². The molecule has 170 valence electrons. The van der Waals surface area contributed by atoms with Crippen LogP contribution in [0.5, 0.6) is 11.5 Å². The summed E-state index contributed by atoms with van der Waals surface area (Å²) in [5, 5.41) is 15.9. The van der Waals surface area contributed by atoms with Gasteiger partial charge in [-0.2, -0.15) is 0 Å². The van der Waals surface area contributed by atoms with Crippen molar-refractivity contribution in [1.29, 1.82) is 0 Å². The zero-order valence-electron chi connectivity index (χ0n) is 19.8. The summed E-state index contributed by atoms with van der Waals surface area (Å²) in [7, 11) is 3.57. The van der Waals surface area contributed by atoms with Gasteiger partial charge < -0.3 is 24.6 Å². The van der Waals surface area contributed by atoms with Gasteiger partial charge in [0.1, 0.15) is 11.7 Å². The molecule has 1 aromatic carbocycles. The number of ether oxygens (including phenoxy) is 3. The molecule has 1 saturated heterocycles. The van der Waals surface area contributed by atoms with Crippen LogP contribution in [0.3, 0.4) is 0 Å². The smallest absolute Gasteiger partial charge is 0.165 e. The lowest BCUT2D eigenvalue weighted by atomic mass is 9.33. The Bertz CT molecular complexity index is 951. The standard InChI is InChI=1S/C26H37NO4/c1-22(2,3)23(4,28)17-14-24-9-10-26(17,30-6)21-25(24)11-12-27-18(24)13-15-7-8-16(29-5)20(31-21)19(15)25/h7-8,17-18,21,27-28H,9-14H2,1-6H3/t17-,18-,21?,23-,24?,25?,26-/m1/s1. The van der Waals surface area contributed by atoms with Gasteiger partial charge in [-0.1, -0.05) is 26.8 Å². The predicted octanol–water partition coefficient (Wildman–Crippen LogP) is 3.59. The van der Waals surface area contributed by atoms with E-state index in [1.54, 1.807) is 7.11 Å². The number of hydrogen-bond donors (Lipinski definition) is 2. The Kier molecular flexibility index (Phi) is 3.79. The second-order valence-corrected chi connectivity index (χ2v) is 12.0. The molecule has 4 aliphatic carbocycles. The highest BCUT2D eigenvalue weighted by Gasteiger charge is 2.81. The molecule has 2 N–H and O–H groups in total.